The molecule has 0 aliphatic carbocycles. The van der Waals surface area contributed by atoms with Gasteiger partial charge in [-0.25, -0.2) is 0 Å². The van der Waals surface area contributed by atoms with Gasteiger partial charge in [0.15, 0.2) is 5.65 Å². The highest BCUT2D eigenvalue weighted by atomic mass is 35.5. The van der Waals surface area contributed by atoms with Crippen LogP contribution in [0, 0.1) is 13.8 Å². The minimum Gasteiger partial charge on any atom is -0.285 e. The van der Waals surface area contributed by atoms with Gasteiger partial charge in [-0.05, 0) is 25.5 Å². The molecule has 0 N–H and O–H groups in total. The molecule has 0 saturated heterocycles. The van der Waals surface area contributed by atoms with Crippen LogP contribution < -0.4 is 0 Å². The van der Waals surface area contributed by atoms with Gasteiger partial charge in [0, 0.05) is 6.20 Å². The van der Waals surface area contributed by atoms with Crippen LogP contribution in [0.4, 0.5) is 0 Å². The quantitative estimate of drug-likeness (QED) is 0.622. The molecule has 2 heterocycles. The Morgan fingerprint density at radius 2 is 2.08 bits per heavy atom. The van der Waals surface area contributed by atoms with Crippen molar-refractivity contribution < 1.29 is 0 Å². The molecular weight excluding hydrogens is 174 g/mol. The topological polar surface area (TPSA) is 30.2 Å². The largest absolute Gasteiger partial charge is 0.285 e. The zero-order chi connectivity index (χ0) is 8.72. The molecular formula is C8H8ClN3. The molecule has 0 amide bonds. The van der Waals surface area contributed by atoms with Crippen LogP contribution in [0.3, 0.4) is 0 Å². The predicted molar refractivity (Wildman–Crippen MR) is 47.5 cm³/mol. The Bertz CT molecular complexity index is 433. The van der Waals surface area contributed by atoms with E-state index in [4.69, 9.17) is 11.6 Å². The van der Waals surface area contributed by atoms with E-state index in [9.17, 15) is 0 Å². The van der Waals surface area contributed by atoms with Crippen molar-refractivity contribution in [2.45, 2.75) is 13.8 Å². The summed E-state index contributed by atoms with van der Waals surface area (Å²) in [5.41, 5.74) is 1.87. The lowest BCUT2D eigenvalue weighted by Gasteiger charge is -1.98. The van der Waals surface area contributed by atoms with E-state index < -0.39 is 0 Å². The molecule has 0 spiro atoms. The molecule has 2 aromatic heterocycles. The standard InChI is InChI=1S/C8H8ClN3/c1-5-3-8-11-10-6(2)12(8)4-7(5)9/h3-4H,1-2H3. The zero-order valence-corrected chi connectivity index (χ0v) is 7.63. The average Bonchev–Trinajstić information content (AvgIpc) is 2.35. The van der Waals surface area contributed by atoms with Crippen molar-refractivity contribution >= 4 is 17.2 Å². The fraction of sp³-hybridized carbons (Fsp3) is 0.250. The van der Waals surface area contributed by atoms with E-state index in [0.29, 0.717) is 0 Å². The van der Waals surface area contributed by atoms with Gasteiger partial charge in [0.05, 0.1) is 5.02 Å². The van der Waals surface area contributed by atoms with Gasteiger partial charge in [-0.2, -0.15) is 0 Å². The average molecular weight is 182 g/mol. The summed E-state index contributed by atoms with van der Waals surface area (Å²) in [6, 6.07) is 1.92. The molecule has 0 unspecified atom stereocenters. The maximum Gasteiger partial charge on any atom is 0.161 e. The van der Waals surface area contributed by atoms with Gasteiger partial charge in [0.1, 0.15) is 5.82 Å². The Balaban J connectivity index is 2.87. The fourth-order valence-corrected chi connectivity index (χ4v) is 1.27. The first-order valence-corrected chi connectivity index (χ1v) is 4.04. The number of aryl methyl sites for hydroxylation is 2. The normalized spacial score (nSPS) is 10.9. The van der Waals surface area contributed by atoms with Crippen molar-refractivity contribution in [1.29, 1.82) is 0 Å². The molecule has 62 valence electrons. The summed E-state index contributed by atoms with van der Waals surface area (Å²) in [6.07, 6.45) is 1.83. The highest BCUT2D eigenvalue weighted by Gasteiger charge is 2.02. The zero-order valence-electron chi connectivity index (χ0n) is 6.87. The van der Waals surface area contributed by atoms with E-state index in [0.717, 1.165) is 22.1 Å². The Kier molecular flexibility index (Phi) is 1.54. The molecule has 0 aliphatic heterocycles. The smallest absolute Gasteiger partial charge is 0.161 e. The van der Waals surface area contributed by atoms with Gasteiger partial charge in [-0.15, -0.1) is 10.2 Å². The maximum atomic E-state index is 5.94. The lowest BCUT2D eigenvalue weighted by molar-refractivity contribution is 1.01. The van der Waals surface area contributed by atoms with Crippen molar-refractivity contribution in [3.05, 3.63) is 28.7 Å². The van der Waals surface area contributed by atoms with Crippen LogP contribution in [0.25, 0.3) is 5.65 Å². The van der Waals surface area contributed by atoms with Gasteiger partial charge in [-0.3, -0.25) is 4.40 Å². The van der Waals surface area contributed by atoms with E-state index in [1.807, 2.05) is 30.5 Å². The molecule has 4 heteroatoms. The van der Waals surface area contributed by atoms with Gasteiger partial charge in [0.25, 0.3) is 0 Å². The van der Waals surface area contributed by atoms with Crippen LogP contribution in [0.2, 0.25) is 5.02 Å². The number of halogens is 1. The summed E-state index contributed by atoms with van der Waals surface area (Å²) >= 11 is 5.94. The van der Waals surface area contributed by atoms with Gasteiger partial charge >= 0.3 is 0 Å². The second-order valence-corrected chi connectivity index (χ2v) is 3.19. The number of hydrogen-bond donors (Lipinski definition) is 0. The summed E-state index contributed by atoms with van der Waals surface area (Å²) in [5.74, 6) is 0.854. The van der Waals surface area contributed by atoms with Gasteiger partial charge < -0.3 is 0 Å². The lowest BCUT2D eigenvalue weighted by atomic mass is 10.3. The van der Waals surface area contributed by atoms with Crippen molar-refractivity contribution in [3.63, 3.8) is 0 Å². The summed E-state index contributed by atoms with van der Waals surface area (Å²) in [7, 11) is 0. The number of pyridine rings is 1. The number of nitrogens with zero attached hydrogens (tertiary/aromatic N) is 3. The first-order valence-electron chi connectivity index (χ1n) is 3.66. The molecule has 3 nitrogen and oxygen atoms in total. The van der Waals surface area contributed by atoms with Crippen LogP contribution in [0.15, 0.2) is 12.3 Å². The molecule has 0 fully saturated rings. The van der Waals surface area contributed by atoms with Crippen molar-refractivity contribution in [1.82, 2.24) is 14.6 Å². The number of aromatic nitrogens is 3. The summed E-state index contributed by atoms with van der Waals surface area (Å²) in [4.78, 5) is 0. The molecule has 0 radical (unpaired) electrons. The summed E-state index contributed by atoms with van der Waals surface area (Å²) in [5, 5.41) is 8.65. The fourth-order valence-electron chi connectivity index (χ4n) is 1.12. The second kappa shape index (κ2) is 2.45. The van der Waals surface area contributed by atoms with E-state index in [1.54, 1.807) is 0 Å². The third-order valence-corrected chi connectivity index (χ3v) is 2.25. The number of hydrogen-bond acceptors (Lipinski definition) is 2. The van der Waals surface area contributed by atoms with E-state index in [2.05, 4.69) is 10.2 Å². The Morgan fingerprint density at radius 3 is 2.83 bits per heavy atom. The van der Waals surface area contributed by atoms with Crippen molar-refractivity contribution in [3.8, 4) is 0 Å². The Labute approximate surface area is 75.0 Å². The number of fused-ring (bicyclic) bond motifs is 1. The third kappa shape index (κ3) is 0.975. The SMILES string of the molecule is Cc1cc2nnc(C)n2cc1Cl. The maximum absolute atomic E-state index is 5.94. The molecule has 12 heavy (non-hydrogen) atoms. The van der Waals surface area contributed by atoms with Crippen LogP contribution in [0.5, 0.6) is 0 Å². The highest BCUT2D eigenvalue weighted by Crippen LogP contribution is 2.16. The summed E-state index contributed by atoms with van der Waals surface area (Å²) < 4.78 is 1.87. The van der Waals surface area contributed by atoms with Crippen LogP contribution in [-0.4, -0.2) is 14.6 Å². The molecule has 0 saturated carbocycles. The van der Waals surface area contributed by atoms with Gasteiger partial charge in [-0.1, -0.05) is 11.6 Å². The van der Waals surface area contributed by atoms with E-state index in [1.165, 1.54) is 0 Å². The van der Waals surface area contributed by atoms with Crippen molar-refractivity contribution in [2.24, 2.45) is 0 Å². The minimum atomic E-state index is 0.741. The Morgan fingerprint density at radius 1 is 1.33 bits per heavy atom. The molecule has 0 atom stereocenters. The molecule has 0 bridgehead atoms. The number of rotatable bonds is 0. The molecule has 2 rings (SSSR count). The van der Waals surface area contributed by atoms with Crippen molar-refractivity contribution in [2.75, 3.05) is 0 Å². The van der Waals surface area contributed by atoms with Gasteiger partial charge in [0.2, 0.25) is 0 Å². The predicted octanol–water partition coefficient (Wildman–Crippen LogP) is 2.00. The molecule has 2 aromatic rings. The first kappa shape index (κ1) is 7.55. The molecule has 0 aromatic carbocycles. The van der Waals surface area contributed by atoms with Crippen LogP contribution in [0.1, 0.15) is 11.4 Å². The third-order valence-electron chi connectivity index (χ3n) is 1.86. The highest BCUT2D eigenvalue weighted by molar-refractivity contribution is 6.31. The molecule has 0 aliphatic rings. The monoisotopic (exact) mass is 181 g/mol. The second-order valence-electron chi connectivity index (χ2n) is 2.78. The van der Waals surface area contributed by atoms with E-state index >= 15 is 0 Å². The first-order chi connectivity index (χ1) is 5.68. The van der Waals surface area contributed by atoms with Crippen LogP contribution in [-0.2, 0) is 0 Å². The summed E-state index contributed by atoms with van der Waals surface area (Å²) in [6.45, 7) is 3.85. The minimum absolute atomic E-state index is 0.741. The lowest BCUT2D eigenvalue weighted by Crippen LogP contribution is -1.88. The van der Waals surface area contributed by atoms with Crippen LogP contribution >= 0.6 is 11.6 Å². The van der Waals surface area contributed by atoms with E-state index in [-0.39, 0.29) is 0 Å². The Hall–Kier alpha value is -1.09.